The Labute approximate surface area is 167 Å². The van der Waals surface area contributed by atoms with E-state index in [0.717, 1.165) is 64.2 Å². The first-order chi connectivity index (χ1) is 13.3. The molecule has 0 aromatic carbocycles. The predicted octanol–water partition coefficient (Wildman–Crippen LogP) is 3.95. The Balaban J connectivity index is 0. The van der Waals surface area contributed by atoms with Crippen molar-refractivity contribution in [3.8, 4) is 0 Å². The lowest BCUT2D eigenvalue weighted by Crippen LogP contribution is -2.02. The third-order valence-electron chi connectivity index (χ3n) is 3.68. The van der Waals surface area contributed by atoms with Crippen LogP contribution in [0.3, 0.4) is 0 Å². The SMILES string of the molecule is CC(=O)OCCCCCCOC(C)=O.O=C(O)CCCCCCCCC(=O)O. The smallest absolute Gasteiger partial charge is 0.303 e. The zero-order chi connectivity index (χ0) is 21.6. The molecule has 0 unspecified atom stereocenters. The Morgan fingerprint density at radius 1 is 0.536 bits per heavy atom. The van der Waals surface area contributed by atoms with E-state index in [0.29, 0.717) is 13.2 Å². The van der Waals surface area contributed by atoms with Crippen LogP contribution in [0, 0.1) is 0 Å². The molecule has 0 heterocycles. The number of unbranched alkanes of at least 4 members (excludes halogenated alkanes) is 8. The standard InChI is InChI=1S/2C10H18O4/c1-9(11)13-7-5-3-4-6-8-14-10(2)12;11-9(12)7-5-3-1-2-4-6-8-10(13)14/h3-8H2,1-2H3;1-8H2,(H,11,12)(H,13,14). The maximum Gasteiger partial charge on any atom is 0.303 e. The molecule has 0 aliphatic rings. The van der Waals surface area contributed by atoms with Crippen molar-refractivity contribution in [1.82, 2.24) is 0 Å². The summed E-state index contributed by atoms with van der Waals surface area (Å²) in [5.41, 5.74) is 0. The number of carboxylic acid groups (broad SMARTS) is 2. The molecule has 0 atom stereocenters. The summed E-state index contributed by atoms with van der Waals surface area (Å²) in [5, 5.41) is 16.7. The Morgan fingerprint density at radius 2 is 0.821 bits per heavy atom. The van der Waals surface area contributed by atoms with Crippen LogP contribution in [0.15, 0.2) is 0 Å². The van der Waals surface area contributed by atoms with E-state index in [1.54, 1.807) is 0 Å². The van der Waals surface area contributed by atoms with Crippen LogP contribution in [0.2, 0.25) is 0 Å². The second kappa shape index (κ2) is 21.2. The molecule has 0 aliphatic heterocycles. The maximum atomic E-state index is 10.4. The van der Waals surface area contributed by atoms with Gasteiger partial charge in [-0.25, -0.2) is 0 Å². The van der Waals surface area contributed by atoms with Gasteiger partial charge in [-0.2, -0.15) is 0 Å². The summed E-state index contributed by atoms with van der Waals surface area (Å²) >= 11 is 0. The van der Waals surface area contributed by atoms with Gasteiger partial charge in [0, 0.05) is 26.7 Å². The minimum atomic E-state index is -0.740. The Hall–Kier alpha value is -2.12. The molecule has 8 heteroatoms. The molecule has 0 amide bonds. The summed E-state index contributed by atoms with van der Waals surface area (Å²) in [7, 11) is 0. The van der Waals surface area contributed by atoms with Crippen molar-refractivity contribution in [2.45, 2.75) is 90.9 Å². The van der Waals surface area contributed by atoms with E-state index in [1.165, 1.54) is 13.8 Å². The molecule has 8 nitrogen and oxygen atoms in total. The summed E-state index contributed by atoms with van der Waals surface area (Å²) in [4.78, 5) is 41.0. The third kappa shape index (κ3) is 31.6. The van der Waals surface area contributed by atoms with Gasteiger partial charge >= 0.3 is 23.9 Å². The van der Waals surface area contributed by atoms with E-state index < -0.39 is 11.9 Å². The summed E-state index contributed by atoms with van der Waals surface area (Å²) in [5.74, 6) is -1.94. The average molecular weight is 405 g/mol. The monoisotopic (exact) mass is 404 g/mol. The van der Waals surface area contributed by atoms with E-state index in [2.05, 4.69) is 0 Å². The number of carboxylic acids is 2. The first kappa shape index (κ1) is 28.1. The van der Waals surface area contributed by atoms with Crippen LogP contribution in [0.5, 0.6) is 0 Å². The lowest BCUT2D eigenvalue weighted by molar-refractivity contribution is -0.142. The zero-order valence-corrected chi connectivity index (χ0v) is 17.2. The number of hydrogen-bond donors (Lipinski definition) is 2. The molecule has 0 aromatic heterocycles. The fourth-order valence-corrected chi connectivity index (χ4v) is 2.25. The van der Waals surface area contributed by atoms with Crippen LogP contribution in [-0.4, -0.2) is 47.3 Å². The molecule has 2 N–H and O–H groups in total. The van der Waals surface area contributed by atoms with Crippen molar-refractivity contribution >= 4 is 23.9 Å². The Kier molecular flexibility index (Phi) is 21.3. The molecule has 0 bridgehead atoms. The fraction of sp³-hybridized carbons (Fsp3) is 0.800. The summed E-state index contributed by atoms with van der Waals surface area (Å²) in [6.45, 7) is 3.78. The number of carbonyl (C=O) groups excluding carboxylic acids is 2. The van der Waals surface area contributed by atoms with Gasteiger partial charge < -0.3 is 19.7 Å². The number of aliphatic carboxylic acids is 2. The van der Waals surface area contributed by atoms with Crippen molar-refractivity contribution in [3.63, 3.8) is 0 Å². The molecule has 0 aromatic rings. The van der Waals surface area contributed by atoms with Crippen molar-refractivity contribution in [2.75, 3.05) is 13.2 Å². The van der Waals surface area contributed by atoms with E-state index in [9.17, 15) is 19.2 Å². The van der Waals surface area contributed by atoms with Gasteiger partial charge in [-0.3, -0.25) is 19.2 Å². The molecular formula is C20H36O8. The molecule has 164 valence electrons. The second-order valence-electron chi connectivity index (χ2n) is 6.50. The van der Waals surface area contributed by atoms with Gasteiger partial charge in [0.15, 0.2) is 0 Å². The van der Waals surface area contributed by atoms with Crippen molar-refractivity contribution < 1.29 is 38.9 Å². The zero-order valence-electron chi connectivity index (χ0n) is 17.2. The van der Waals surface area contributed by atoms with Crippen LogP contribution in [0.25, 0.3) is 0 Å². The van der Waals surface area contributed by atoms with Crippen molar-refractivity contribution in [1.29, 1.82) is 0 Å². The predicted molar refractivity (Wildman–Crippen MR) is 104 cm³/mol. The Morgan fingerprint density at radius 3 is 1.11 bits per heavy atom. The van der Waals surface area contributed by atoms with E-state index >= 15 is 0 Å². The normalized spacial score (nSPS) is 9.79. The fourth-order valence-electron chi connectivity index (χ4n) is 2.25. The highest BCUT2D eigenvalue weighted by molar-refractivity contribution is 5.67. The highest BCUT2D eigenvalue weighted by atomic mass is 16.5. The quantitative estimate of drug-likeness (QED) is 0.292. The minimum absolute atomic E-state index is 0.232. The molecule has 0 rings (SSSR count). The lowest BCUT2D eigenvalue weighted by Gasteiger charge is -2.02. The van der Waals surface area contributed by atoms with Gasteiger partial charge in [0.25, 0.3) is 0 Å². The first-order valence-electron chi connectivity index (χ1n) is 9.96. The van der Waals surface area contributed by atoms with Gasteiger partial charge in [0.1, 0.15) is 0 Å². The molecule has 0 spiro atoms. The minimum Gasteiger partial charge on any atom is -0.481 e. The molecule has 0 saturated carbocycles. The van der Waals surface area contributed by atoms with Crippen molar-refractivity contribution in [2.24, 2.45) is 0 Å². The highest BCUT2D eigenvalue weighted by Gasteiger charge is 1.98. The summed E-state index contributed by atoms with van der Waals surface area (Å²) in [6.07, 6.45) is 9.56. The third-order valence-corrected chi connectivity index (χ3v) is 3.68. The van der Waals surface area contributed by atoms with E-state index in [4.69, 9.17) is 19.7 Å². The molecule has 0 radical (unpaired) electrons. The second-order valence-corrected chi connectivity index (χ2v) is 6.50. The molecular weight excluding hydrogens is 368 g/mol. The van der Waals surface area contributed by atoms with Crippen LogP contribution >= 0.6 is 0 Å². The topological polar surface area (TPSA) is 127 Å². The maximum absolute atomic E-state index is 10.4. The van der Waals surface area contributed by atoms with Crippen LogP contribution in [0.1, 0.15) is 90.9 Å². The van der Waals surface area contributed by atoms with E-state index in [-0.39, 0.29) is 24.8 Å². The molecule has 0 fully saturated rings. The summed E-state index contributed by atoms with van der Waals surface area (Å²) < 4.78 is 9.52. The average Bonchev–Trinajstić information content (AvgIpc) is 2.59. The lowest BCUT2D eigenvalue weighted by atomic mass is 10.1. The molecule has 28 heavy (non-hydrogen) atoms. The number of hydrogen-bond acceptors (Lipinski definition) is 6. The van der Waals surface area contributed by atoms with E-state index in [1.807, 2.05) is 0 Å². The largest absolute Gasteiger partial charge is 0.481 e. The number of rotatable bonds is 16. The van der Waals surface area contributed by atoms with Crippen LogP contribution in [0.4, 0.5) is 0 Å². The van der Waals surface area contributed by atoms with Gasteiger partial charge in [0.05, 0.1) is 13.2 Å². The number of carbonyl (C=O) groups is 4. The molecule has 0 saturated heterocycles. The molecule has 0 aliphatic carbocycles. The van der Waals surface area contributed by atoms with Crippen molar-refractivity contribution in [3.05, 3.63) is 0 Å². The Bertz CT molecular complexity index is 354. The van der Waals surface area contributed by atoms with Gasteiger partial charge in [-0.05, 0) is 38.5 Å². The van der Waals surface area contributed by atoms with Crippen LogP contribution in [-0.2, 0) is 28.7 Å². The first-order valence-corrected chi connectivity index (χ1v) is 9.96. The van der Waals surface area contributed by atoms with Gasteiger partial charge in [-0.15, -0.1) is 0 Å². The summed E-state index contributed by atoms with van der Waals surface area (Å²) in [6, 6.07) is 0. The number of ether oxygens (including phenoxy) is 2. The number of esters is 2. The van der Waals surface area contributed by atoms with Crippen LogP contribution < -0.4 is 0 Å². The van der Waals surface area contributed by atoms with Gasteiger partial charge in [0.2, 0.25) is 0 Å². The highest BCUT2D eigenvalue weighted by Crippen LogP contribution is 2.08. The van der Waals surface area contributed by atoms with Gasteiger partial charge in [-0.1, -0.05) is 25.7 Å².